The van der Waals surface area contributed by atoms with Gasteiger partial charge in [-0.15, -0.1) is 0 Å². The SMILES string of the molecule is N#Cc1c2c(n(-c3ccccc3)c1NC(=O)CN1C(=O)c3ccc([N+](=O)[O-])cc3C1=O)CCCC2. The van der Waals surface area contributed by atoms with Crippen molar-refractivity contribution in [3.63, 3.8) is 0 Å². The maximum atomic E-state index is 13.1. The number of aromatic nitrogens is 1. The zero-order chi connectivity index (χ0) is 24.7. The largest absolute Gasteiger partial charge is 0.309 e. The van der Waals surface area contributed by atoms with E-state index in [9.17, 15) is 29.8 Å². The van der Waals surface area contributed by atoms with Crippen LogP contribution in [0, 0.1) is 21.4 Å². The van der Waals surface area contributed by atoms with E-state index in [4.69, 9.17) is 0 Å². The molecule has 2 aromatic carbocycles. The van der Waals surface area contributed by atoms with Gasteiger partial charge in [-0.3, -0.25) is 34.0 Å². The molecule has 5 rings (SSSR count). The van der Waals surface area contributed by atoms with E-state index in [1.165, 1.54) is 6.07 Å². The molecule has 10 nitrogen and oxygen atoms in total. The van der Waals surface area contributed by atoms with E-state index in [0.29, 0.717) is 11.4 Å². The minimum absolute atomic E-state index is 0.00855. The molecule has 0 unspecified atom stereocenters. The van der Waals surface area contributed by atoms with Crippen LogP contribution >= 0.6 is 0 Å². The van der Waals surface area contributed by atoms with Crippen molar-refractivity contribution in [3.8, 4) is 11.8 Å². The molecule has 2 heterocycles. The molecule has 0 saturated carbocycles. The number of non-ortho nitro benzene ring substituents is 1. The number of nitriles is 1. The summed E-state index contributed by atoms with van der Waals surface area (Å²) in [5.41, 5.74) is 2.59. The lowest BCUT2D eigenvalue weighted by Crippen LogP contribution is -2.37. The monoisotopic (exact) mass is 469 g/mol. The predicted octanol–water partition coefficient (Wildman–Crippen LogP) is 3.37. The molecule has 0 spiro atoms. The van der Waals surface area contributed by atoms with Crippen molar-refractivity contribution in [2.45, 2.75) is 25.7 Å². The van der Waals surface area contributed by atoms with Gasteiger partial charge in [-0.05, 0) is 49.4 Å². The Morgan fingerprint density at radius 2 is 1.77 bits per heavy atom. The number of imide groups is 1. The number of nitrogens with zero attached hydrogens (tertiary/aromatic N) is 4. The first-order chi connectivity index (χ1) is 16.9. The third kappa shape index (κ3) is 3.63. The number of hydrogen-bond donors (Lipinski definition) is 1. The van der Waals surface area contributed by atoms with Gasteiger partial charge < -0.3 is 5.32 Å². The van der Waals surface area contributed by atoms with Crippen LogP contribution in [0.25, 0.3) is 5.69 Å². The van der Waals surface area contributed by atoms with Crippen LogP contribution in [0.5, 0.6) is 0 Å². The molecule has 0 atom stereocenters. The van der Waals surface area contributed by atoms with E-state index < -0.39 is 29.2 Å². The molecule has 1 aliphatic carbocycles. The summed E-state index contributed by atoms with van der Waals surface area (Å²) in [4.78, 5) is 49.7. The molecule has 1 aromatic heterocycles. The molecular formula is C25H19N5O5. The maximum absolute atomic E-state index is 13.1. The number of nitro benzene ring substituents is 1. The van der Waals surface area contributed by atoms with Gasteiger partial charge in [0.15, 0.2) is 0 Å². The van der Waals surface area contributed by atoms with Crippen LogP contribution in [-0.2, 0) is 17.6 Å². The number of para-hydroxylation sites is 1. The quantitative estimate of drug-likeness (QED) is 0.345. The van der Waals surface area contributed by atoms with E-state index in [0.717, 1.165) is 59.7 Å². The van der Waals surface area contributed by atoms with Crippen LogP contribution in [0.1, 0.15) is 50.4 Å². The number of carbonyl (C=O) groups is 3. The summed E-state index contributed by atoms with van der Waals surface area (Å²) in [5.74, 6) is -1.82. The van der Waals surface area contributed by atoms with Gasteiger partial charge in [-0.1, -0.05) is 18.2 Å². The number of hydrogen-bond acceptors (Lipinski definition) is 6. The Labute approximate surface area is 199 Å². The van der Waals surface area contributed by atoms with Crippen molar-refractivity contribution >= 4 is 29.2 Å². The van der Waals surface area contributed by atoms with Crippen molar-refractivity contribution in [1.29, 1.82) is 5.26 Å². The zero-order valence-electron chi connectivity index (χ0n) is 18.5. The number of rotatable bonds is 5. The fourth-order valence-electron chi connectivity index (χ4n) is 4.75. The summed E-state index contributed by atoms with van der Waals surface area (Å²) >= 11 is 0. The average molecular weight is 469 g/mol. The van der Waals surface area contributed by atoms with Crippen LogP contribution in [0.15, 0.2) is 48.5 Å². The van der Waals surface area contributed by atoms with E-state index in [-0.39, 0.29) is 16.8 Å². The van der Waals surface area contributed by atoms with E-state index in [2.05, 4.69) is 11.4 Å². The second-order valence-electron chi connectivity index (χ2n) is 8.37. The van der Waals surface area contributed by atoms with Crippen LogP contribution in [0.3, 0.4) is 0 Å². The third-order valence-corrected chi connectivity index (χ3v) is 6.32. The third-order valence-electron chi connectivity index (χ3n) is 6.32. The van der Waals surface area contributed by atoms with Gasteiger partial charge in [-0.2, -0.15) is 5.26 Å². The Morgan fingerprint density at radius 3 is 2.49 bits per heavy atom. The molecule has 174 valence electrons. The van der Waals surface area contributed by atoms with E-state index in [1.54, 1.807) is 0 Å². The number of carbonyl (C=O) groups excluding carboxylic acids is 3. The molecule has 0 saturated heterocycles. The fourth-order valence-corrected chi connectivity index (χ4v) is 4.75. The van der Waals surface area contributed by atoms with Gasteiger partial charge in [0.2, 0.25) is 5.91 Å². The molecule has 1 N–H and O–H groups in total. The highest BCUT2D eigenvalue weighted by Gasteiger charge is 2.38. The van der Waals surface area contributed by atoms with Gasteiger partial charge in [0.05, 0.1) is 21.6 Å². The Morgan fingerprint density at radius 1 is 1.06 bits per heavy atom. The zero-order valence-corrected chi connectivity index (χ0v) is 18.5. The number of nitrogens with one attached hydrogen (secondary N) is 1. The average Bonchev–Trinajstić information content (AvgIpc) is 3.30. The molecule has 3 aromatic rings. The molecule has 2 aliphatic rings. The molecule has 1 aliphatic heterocycles. The van der Waals surface area contributed by atoms with Gasteiger partial charge in [0, 0.05) is 23.5 Å². The lowest BCUT2D eigenvalue weighted by atomic mass is 9.95. The highest BCUT2D eigenvalue weighted by molar-refractivity contribution is 6.23. The number of fused-ring (bicyclic) bond motifs is 2. The Bertz CT molecular complexity index is 1450. The minimum Gasteiger partial charge on any atom is -0.309 e. The molecular weight excluding hydrogens is 450 g/mol. The number of anilines is 1. The fraction of sp³-hybridized carbons (Fsp3) is 0.200. The minimum atomic E-state index is -0.776. The van der Waals surface area contributed by atoms with Gasteiger partial charge in [0.25, 0.3) is 17.5 Å². The van der Waals surface area contributed by atoms with E-state index in [1.807, 2.05) is 34.9 Å². The van der Waals surface area contributed by atoms with E-state index >= 15 is 0 Å². The Balaban J connectivity index is 1.47. The summed E-state index contributed by atoms with van der Waals surface area (Å²) in [6, 6.07) is 15.0. The molecule has 0 fully saturated rings. The summed E-state index contributed by atoms with van der Waals surface area (Å²) in [6.45, 7) is -0.588. The predicted molar refractivity (Wildman–Crippen MR) is 124 cm³/mol. The second kappa shape index (κ2) is 8.53. The lowest BCUT2D eigenvalue weighted by molar-refractivity contribution is -0.384. The van der Waals surface area contributed by atoms with Crippen LogP contribution in [0.4, 0.5) is 11.5 Å². The van der Waals surface area contributed by atoms with Crippen molar-refractivity contribution < 1.29 is 19.3 Å². The van der Waals surface area contributed by atoms with Crippen LogP contribution in [-0.4, -0.2) is 38.7 Å². The van der Waals surface area contributed by atoms with Crippen molar-refractivity contribution in [2.75, 3.05) is 11.9 Å². The van der Waals surface area contributed by atoms with Crippen molar-refractivity contribution in [1.82, 2.24) is 9.47 Å². The highest BCUT2D eigenvalue weighted by Crippen LogP contribution is 2.35. The normalized spacial score (nSPS) is 14.3. The summed E-state index contributed by atoms with van der Waals surface area (Å²) in [6.07, 6.45) is 3.38. The number of amides is 3. The summed E-state index contributed by atoms with van der Waals surface area (Å²) < 4.78 is 1.86. The van der Waals surface area contributed by atoms with Crippen molar-refractivity contribution in [3.05, 3.63) is 86.6 Å². The van der Waals surface area contributed by atoms with Crippen LogP contribution in [0.2, 0.25) is 0 Å². The van der Waals surface area contributed by atoms with Gasteiger partial charge >= 0.3 is 0 Å². The second-order valence-corrected chi connectivity index (χ2v) is 8.37. The first kappa shape index (κ1) is 22.0. The first-order valence-electron chi connectivity index (χ1n) is 11.1. The molecule has 3 amide bonds. The first-order valence-corrected chi connectivity index (χ1v) is 11.1. The maximum Gasteiger partial charge on any atom is 0.270 e. The molecule has 35 heavy (non-hydrogen) atoms. The highest BCUT2D eigenvalue weighted by atomic mass is 16.6. The smallest absolute Gasteiger partial charge is 0.270 e. The van der Waals surface area contributed by atoms with Gasteiger partial charge in [-0.25, -0.2) is 0 Å². The van der Waals surface area contributed by atoms with Crippen molar-refractivity contribution in [2.24, 2.45) is 0 Å². The Hall–Kier alpha value is -4.78. The molecule has 0 radical (unpaired) electrons. The van der Waals surface area contributed by atoms with Gasteiger partial charge in [0.1, 0.15) is 18.4 Å². The number of benzene rings is 2. The standard InChI is InChI=1S/C25H19N5O5/c26-13-20-17-8-4-5-9-21(17)29(15-6-2-1-3-7-15)23(20)27-22(31)14-28-24(32)18-11-10-16(30(34)35)12-19(18)25(28)33/h1-3,6-7,10-12H,4-5,8-9,14H2,(H,27,31). The lowest BCUT2D eigenvalue weighted by Gasteiger charge is -2.18. The summed E-state index contributed by atoms with van der Waals surface area (Å²) in [5, 5.41) is 23.7. The molecule has 0 bridgehead atoms. The topological polar surface area (TPSA) is 138 Å². The number of nitro groups is 1. The van der Waals surface area contributed by atoms with Crippen LogP contribution < -0.4 is 5.32 Å². The summed E-state index contributed by atoms with van der Waals surface area (Å²) in [7, 11) is 0. The molecule has 10 heteroatoms. The Kier molecular flexibility index (Phi) is 5.37.